The normalized spacial score (nSPS) is 7.80. The zero-order valence-corrected chi connectivity index (χ0v) is 6.50. The highest BCUT2D eigenvalue weighted by Gasteiger charge is 1.77. The van der Waals surface area contributed by atoms with Crippen molar-refractivity contribution in [1.82, 2.24) is 5.16 Å². The first kappa shape index (κ1) is 8.95. The van der Waals surface area contributed by atoms with Gasteiger partial charge in [0.2, 0.25) is 0 Å². The molecule has 0 saturated carbocycles. The van der Waals surface area contributed by atoms with Crippen LogP contribution in [-0.4, -0.2) is 5.16 Å². The van der Waals surface area contributed by atoms with Gasteiger partial charge in [-0.2, -0.15) is 0 Å². The van der Waals surface area contributed by atoms with E-state index in [4.69, 9.17) is 0 Å². The van der Waals surface area contributed by atoms with Gasteiger partial charge in [-0.1, -0.05) is 18.2 Å². The number of aromatic nitrogens is 1. The van der Waals surface area contributed by atoms with Crippen molar-refractivity contribution in [3.8, 4) is 0 Å². The van der Waals surface area contributed by atoms with E-state index in [1.165, 1.54) is 0 Å². The molecule has 0 unspecified atom stereocenters. The summed E-state index contributed by atoms with van der Waals surface area (Å²) in [6.07, 6.45) is 6.22. The summed E-state index contributed by atoms with van der Waals surface area (Å²) in [7, 11) is 0. The van der Waals surface area contributed by atoms with Crippen molar-refractivity contribution < 1.29 is 4.52 Å². The standard InChI is InChI=1S/C4H5NO.C4H8/c1-4-2-5-6-3-4;1-3-4-2/h2-3H,1H3;3H,1,4H2,2H3. The number of nitrogens with zero attached hydrogens (tertiary/aromatic N) is 1. The quantitative estimate of drug-likeness (QED) is 0.559. The van der Waals surface area contributed by atoms with Gasteiger partial charge in [0.15, 0.2) is 0 Å². The van der Waals surface area contributed by atoms with Crippen molar-refractivity contribution >= 4 is 0 Å². The van der Waals surface area contributed by atoms with Gasteiger partial charge in [0, 0.05) is 5.56 Å². The first-order valence-electron chi connectivity index (χ1n) is 3.28. The molecule has 0 aliphatic rings. The van der Waals surface area contributed by atoms with Crippen LogP contribution in [0, 0.1) is 6.92 Å². The van der Waals surface area contributed by atoms with E-state index in [2.05, 4.69) is 23.2 Å². The second kappa shape index (κ2) is 6.08. The van der Waals surface area contributed by atoms with Gasteiger partial charge < -0.3 is 4.52 Å². The monoisotopic (exact) mass is 139 g/mol. The third kappa shape index (κ3) is 5.09. The maximum atomic E-state index is 4.46. The lowest BCUT2D eigenvalue weighted by atomic mass is 10.4. The summed E-state index contributed by atoms with van der Waals surface area (Å²) in [5, 5.41) is 3.45. The predicted octanol–water partition coefficient (Wildman–Crippen LogP) is 2.57. The molecule has 0 aliphatic carbocycles. The summed E-state index contributed by atoms with van der Waals surface area (Å²) < 4.78 is 4.46. The first-order valence-corrected chi connectivity index (χ1v) is 3.28. The average Bonchev–Trinajstić information content (AvgIpc) is 2.40. The van der Waals surface area contributed by atoms with E-state index in [0.29, 0.717) is 0 Å². The van der Waals surface area contributed by atoms with Gasteiger partial charge in [0.05, 0.1) is 6.20 Å². The van der Waals surface area contributed by atoms with E-state index in [1.807, 2.05) is 13.0 Å². The van der Waals surface area contributed by atoms with Crippen LogP contribution in [0.1, 0.15) is 18.9 Å². The molecule has 0 bridgehead atoms. The van der Waals surface area contributed by atoms with Crippen LogP contribution in [0.25, 0.3) is 0 Å². The lowest BCUT2D eigenvalue weighted by Crippen LogP contribution is -1.50. The Bertz CT molecular complexity index is 156. The number of hydrogen-bond donors (Lipinski definition) is 0. The molecule has 0 spiro atoms. The van der Waals surface area contributed by atoms with Crippen LogP contribution in [0.15, 0.2) is 29.6 Å². The highest BCUT2D eigenvalue weighted by atomic mass is 16.5. The summed E-state index contributed by atoms with van der Waals surface area (Å²) in [5.41, 5.74) is 1.06. The van der Waals surface area contributed by atoms with E-state index in [-0.39, 0.29) is 0 Å². The Labute approximate surface area is 61.5 Å². The van der Waals surface area contributed by atoms with E-state index in [9.17, 15) is 0 Å². The molecule has 0 aliphatic heterocycles. The van der Waals surface area contributed by atoms with Crippen LogP contribution in [0.5, 0.6) is 0 Å². The van der Waals surface area contributed by atoms with Crippen LogP contribution < -0.4 is 0 Å². The molecular weight excluding hydrogens is 126 g/mol. The van der Waals surface area contributed by atoms with E-state index < -0.39 is 0 Å². The Kier molecular flexibility index (Phi) is 5.44. The summed E-state index contributed by atoms with van der Waals surface area (Å²) in [5.74, 6) is 0. The molecule has 10 heavy (non-hydrogen) atoms. The van der Waals surface area contributed by atoms with Gasteiger partial charge >= 0.3 is 0 Å². The fourth-order valence-electron chi connectivity index (χ4n) is 0.258. The Morgan fingerprint density at radius 3 is 2.50 bits per heavy atom. The zero-order chi connectivity index (χ0) is 7.82. The van der Waals surface area contributed by atoms with Crippen LogP contribution in [0.4, 0.5) is 0 Å². The van der Waals surface area contributed by atoms with Gasteiger partial charge in [0.25, 0.3) is 0 Å². The SMILES string of the molecule is C=CCC.Cc1cnoc1. The molecule has 0 N–H and O–H groups in total. The minimum absolute atomic E-state index is 1.06. The second-order valence-electron chi connectivity index (χ2n) is 1.90. The molecule has 0 aromatic carbocycles. The van der Waals surface area contributed by atoms with E-state index >= 15 is 0 Å². The molecule has 0 fully saturated rings. The molecule has 0 atom stereocenters. The third-order valence-electron chi connectivity index (χ3n) is 0.844. The number of hydrogen-bond acceptors (Lipinski definition) is 2. The molecule has 0 amide bonds. The molecule has 1 heterocycles. The lowest BCUT2D eigenvalue weighted by Gasteiger charge is -1.60. The summed E-state index contributed by atoms with van der Waals surface area (Å²) in [6, 6.07) is 0. The zero-order valence-electron chi connectivity index (χ0n) is 6.50. The molecule has 56 valence electrons. The number of aryl methyl sites for hydroxylation is 1. The minimum atomic E-state index is 1.06. The Hall–Kier alpha value is -1.05. The fourth-order valence-corrected chi connectivity index (χ4v) is 0.258. The van der Waals surface area contributed by atoms with Crippen LogP contribution in [0.3, 0.4) is 0 Å². The molecule has 1 aromatic rings. The van der Waals surface area contributed by atoms with Crippen molar-refractivity contribution in [3.05, 3.63) is 30.7 Å². The molecule has 0 radical (unpaired) electrons. The number of rotatable bonds is 1. The van der Waals surface area contributed by atoms with Crippen LogP contribution in [0.2, 0.25) is 0 Å². The predicted molar refractivity (Wildman–Crippen MR) is 41.7 cm³/mol. The minimum Gasteiger partial charge on any atom is -0.365 e. The van der Waals surface area contributed by atoms with Crippen molar-refractivity contribution in [1.29, 1.82) is 0 Å². The Morgan fingerprint density at radius 1 is 1.80 bits per heavy atom. The first-order chi connectivity index (χ1) is 4.81. The fraction of sp³-hybridized carbons (Fsp3) is 0.375. The van der Waals surface area contributed by atoms with E-state index in [0.717, 1.165) is 12.0 Å². The summed E-state index contributed by atoms with van der Waals surface area (Å²) in [6.45, 7) is 7.47. The largest absolute Gasteiger partial charge is 0.365 e. The Morgan fingerprint density at radius 2 is 2.40 bits per heavy atom. The van der Waals surface area contributed by atoms with Gasteiger partial charge in [0.1, 0.15) is 6.26 Å². The van der Waals surface area contributed by atoms with Gasteiger partial charge in [-0.25, -0.2) is 0 Å². The average molecular weight is 139 g/mol. The lowest BCUT2D eigenvalue weighted by molar-refractivity contribution is 0.419. The van der Waals surface area contributed by atoms with Gasteiger partial charge in [-0.15, -0.1) is 6.58 Å². The van der Waals surface area contributed by atoms with Crippen molar-refractivity contribution in [2.45, 2.75) is 20.3 Å². The van der Waals surface area contributed by atoms with Gasteiger partial charge in [-0.3, -0.25) is 0 Å². The maximum absolute atomic E-state index is 4.46. The second-order valence-corrected chi connectivity index (χ2v) is 1.90. The number of allylic oxidation sites excluding steroid dienone is 1. The molecular formula is C8H13NO. The smallest absolute Gasteiger partial charge is 0.126 e. The van der Waals surface area contributed by atoms with Crippen molar-refractivity contribution in [2.24, 2.45) is 0 Å². The maximum Gasteiger partial charge on any atom is 0.126 e. The van der Waals surface area contributed by atoms with Crippen LogP contribution in [-0.2, 0) is 0 Å². The highest BCUT2D eigenvalue weighted by molar-refractivity contribution is 4.94. The molecule has 2 heteroatoms. The molecule has 2 nitrogen and oxygen atoms in total. The molecule has 0 saturated heterocycles. The van der Waals surface area contributed by atoms with E-state index in [1.54, 1.807) is 12.5 Å². The molecule has 1 rings (SSSR count). The highest BCUT2D eigenvalue weighted by Crippen LogP contribution is 1.88. The topological polar surface area (TPSA) is 26.0 Å². The summed E-state index contributed by atoms with van der Waals surface area (Å²) >= 11 is 0. The summed E-state index contributed by atoms with van der Waals surface area (Å²) in [4.78, 5) is 0. The van der Waals surface area contributed by atoms with Crippen LogP contribution >= 0.6 is 0 Å². The third-order valence-corrected chi connectivity index (χ3v) is 0.844. The van der Waals surface area contributed by atoms with Crippen molar-refractivity contribution in [3.63, 3.8) is 0 Å². The van der Waals surface area contributed by atoms with Gasteiger partial charge in [-0.05, 0) is 13.3 Å². The Balaban J connectivity index is 0.000000180. The van der Waals surface area contributed by atoms with Crippen molar-refractivity contribution in [2.75, 3.05) is 0 Å². The molecule has 1 aromatic heterocycles.